The van der Waals surface area contributed by atoms with E-state index in [-0.39, 0.29) is 11.9 Å². The topological polar surface area (TPSA) is 60.0 Å². The van der Waals surface area contributed by atoms with E-state index in [1.54, 1.807) is 39.5 Å². The van der Waals surface area contributed by atoms with Gasteiger partial charge in [0.15, 0.2) is 0 Å². The monoisotopic (exact) mass is 398 g/mol. The van der Waals surface area contributed by atoms with Crippen molar-refractivity contribution in [1.29, 1.82) is 0 Å². The second kappa shape index (κ2) is 10.2. The highest BCUT2D eigenvalue weighted by Crippen LogP contribution is 2.27. The van der Waals surface area contributed by atoms with Crippen molar-refractivity contribution >= 4 is 5.91 Å². The van der Waals surface area contributed by atoms with E-state index < -0.39 is 0 Å². The Kier molecular flexibility index (Phi) is 7.36. The number of hydrogen-bond acceptors (Lipinski definition) is 5. The van der Waals surface area contributed by atoms with Gasteiger partial charge in [-0.1, -0.05) is 18.6 Å². The van der Waals surface area contributed by atoms with Crippen LogP contribution in [0.15, 0.2) is 42.5 Å². The fourth-order valence-corrected chi connectivity index (χ4v) is 3.77. The normalized spacial score (nSPS) is 15.4. The second-order valence-electron chi connectivity index (χ2n) is 7.20. The van der Waals surface area contributed by atoms with E-state index in [1.807, 2.05) is 12.1 Å². The molecule has 1 aliphatic rings. The van der Waals surface area contributed by atoms with Crippen LogP contribution < -0.4 is 19.5 Å². The van der Waals surface area contributed by atoms with Crippen molar-refractivity contribution < 1.29 is 19.0 Å². The number of rotatable bonds is 8. The molecule has 3 rings (SSSR count). The fourth-order valence-electron chi connectivity index (χ4n) is 3.77. The molecule has 1 unspecified atom stereocenters. The molecule has 1 amide bonds. The number of likely N-dealkylation sites (tertiary alicyclic amines) is 1. The molecule has 6 heteroatoms. The van der Waals surface area contributed by atoms with E-state index in [4.69, 9.17) is 14.2 Å². The van der Waals surface area contributed by atoms with Gasteiger partial charge >= 0.3 is 0 Å². The maximum absolute atomic E-state index is 12.9. The van der Waals surface area contributed by atoms with Gasteiger partial charge in [-0.15, -0.1) is 0 Å². The molecule has 1 saturated heterocycles. The van der Waals surface area contributed by atoms with Gasteiger partial charge in [-0.05, 0) is 55.8 Å². The van der Waals surface area contributed by atoms with Crippen LogP contribution in [0.3, 0.4) is 0 Å². The van der Waals surface area contributed by atoms with E-state index in [2.05, 4.69) is 22.3 Å². The summed E-state index contributed by atoms with van der Waals surface area (Å²) in [7, 11) is 4.82. The number of piperidine rings is 1. The van der Waals surface area contributed by atoms with E-state index in [1.165, 1.54) is 19.3 Å². The average Bonchev–Trinajstić information content (AvgIpc) is 2.79. The zero-order valence-electron chi connectivity index (χ0n) is 17.4. The molecule has 1 aliphatic heterocycles. The van der Waals surface area contributed by atoms with Gasteiger partial charge in [-0.3, -0.25) is 9.69 Å². The van der Waals surface area contributed by atoms with Crippen molar-refractivity contribution in [3.63, 3.8) is 0 Å². The summed E-state index contributed by atoms with van der Waals surface area (Å²) in [6.07, 6.45) is 3.63. The largest absolute Gasteiger partial charge is 0.497 e. The lowest BCUT2D eigenvalue weighted by Gasteiger charge is -2.35. The Hall–Kier alpha value is -2.73. The Morgan fingerprint density at radius 1 is 0.931 bits per heavy atom. The van der Waals surface area contributed by atoms with Gasteiger partial charge in [0.1, 0.15) is 17.2 Å². The Morgan fingerprint density at radius 3 is 2.21 bits per heavy atom. The Morgan fingerprint density at radius 2 is 1.59 bits per heavy atom. The lowest BCUT2D eigenvalue weighted by molar-refractivity contribution is 0.0923. The molecule has 0 aromatic heterocycles. The standard InChI is InChI=1S/C23H30N2O4/c1-27-19-9-7-8-17(12-19)22(25-10-5-4-6-11-25)16-24-23(26)18-13-20(28-2)15-21(14-18)29-3/h7-9,12-15,22H,4-6,10-11,16H2,1-3H3,(H,24,26). The van der Waals surface area contributed by atoms with E-state index in [9.17, 15) is 4.79 Å². The quantitative estimate of drug-likeness (QED) is 0.735. The van der Waals surface area contributed by atoms with Gasteiger partial charge in [0.25, 0.3) is 5.91 Å². The predicted molar refractivity (Wildman–Crippen MR) is 113 cm³/mol. The molecule has 156 valence electrons. The van der Waals surface area contributed by atoms with E-state index in [0.717, 1.165) is 24.4 Å². The van der Waals surface area contributed by atoms with Crippen molar-refractivity contribution in [1.82, 2.24) is 10.2 Å². The minimum absolute atomic E-state index is 0.0989. The molecule has 2 aromatic carbocycles. The molecule has 0 spiro atoms. The minimum Gasteiger partial charge on any atom is -0.497 e. The molecular formula is C23H30N2O4. The third-order valence-corrected chi connectivity index (χ3v) is 5.38. The highest BCUT2D eigenvalue weighted by molar-refractivity contribution is 5.95. The lowest BCUT2D eigenvalue weighted by atomic mass is 10.0. The number of carbonyl (C=O) groups excluding carboxylic acids is 1. The van der Waals surface area contributed by atoms with Crippen LogP contribution in [0.25, 0.3) is 0 Å². The summed E-state index contributed by atoms with van der Waals surface area (Å²) in [6, 6.07) is 13.4. The summed E-state index contributed by atoms with van der Waals surface area (Å²) < 4.78 is 16.0. The third-order valence-electron chi connectivity index (χ3n) is 5.38. The van der Waals surface area contributed by atoms with Crippen molar-refractivity contribution in [3.05, 3.63) is 53.6 Å². The van der Waals surface area contributed by atoms with Crippen LogP contribution in [-0.4, -0.2) is 51.8 Å². The van der Waals surface area contributed by atoms with Crippen molar-refractivity contribution in [2.75, 3.05) is 41.0 Å². The first-order valence-electron chi connectivity index (χ1n) is 10.0. The first-order chi connectivity index (χ1) is 14.1. The molecule has 1 N–H and O–H groups in total. The highest BCUT2D eigenvalue weighted by Gasteiger charge is 2.23. The van der Waals surface area contributed by atoms with Crippen LogP contribution in [0.1, 0.15) is 41.2 Å². The van der Waals surface area contributed by atoms with Gasteiger partial charge in [0.05, 0.1) is 27.4 Å². The molecule has 1 fully saturated rings. The van der Waals surface area contributed by atoms with Crippen molar-refractivity contribution in [3.8, 4) is 17.2 Å². The number of nitrogens with one attached hydrogen (secondary N) is 1. The number of benzene rings is 2. The maximum Gasteiger partial charge on any atom is 0.251 e. The van der Waals surface area contributed by atoms with Gasteiger partial charge < -0.3 is 19.5 Å². The second-order valence-corrected chi connectivity index (χ2v) is 7.20. The van der Waals surface area contributed by atoms with E-state index >= 15 is 0 Å². The molecule has 0 bridgehead atoms. The summed E-state index contributed by atoms with van der Waals surface area (Å²) in [5.41, 5.74) is 1.67. The van der Waals surface area contributed by atoms with Crippen LogP contribution in [0.2, 0.25) is 0 Å². The number of amides is 1. The first kappa shape index (κ1) is 21.0. The van der Waals surface area contributed by atoms with Crippen LogP contribution in [0.4, 0.5) is 0 Å². The maximum atomic E-state index is 12.9. The lowest BCUT2D eigenvalue weighted by Crippen LogP contribution is -2.40. The predicted octanol–water partition coefficient (Wildman–Crippen LogP) is 3.67. The Balaban J connectivity index is 1.78. The van der Waals surface area contributed by atoms with Crippen LogP contribution in [-0.2, 0) is 0 Å². The number of methoxy groups -OCH3 is 3. The smallest absolute Gasteiger partial charge is 0.251 e. The summed E-state index contributed by atoms with van der Waals surface area (Å²) in [6.45, 7) is 2.58. The molecule has 0 saturated carbocycles. The SMILES string of the molecule is COc1cc(OC)cc(C(=O)NCC(c2cccc(OC)c2)N2CCCCC2)c1. The van der Waals surface area contributed by atoms with Crippen molar-refractivity contribution in [2.24, 2.45) is 0 Å². The number of ether oxygens (including phenoxy) is 3. The molecule has 0 radical (unpaired) electrons. The highest BCUT2D eigenvalue weighted by atomic mass is 16.5. The Bertz CT molecular complexity index is 796. The van der Waals surface area contributed by atoms with E-state index in [0.29, 0.717) is 23.6 Å². The number of nitrogens with zero attached hydrogens (tertiary/aromatic N) is 1. The van der Waals surface area contributed by atoms with Gasteiger partial charge in [0, 0.05) is 18.2 Å². The van der Waals surface area contributed by atoms with Crippen LogP contribution >= 0.6 is 0 Å². The van der Waals surface area contributed by atoms with Crippen molar-refractivity contribution in [2.45, 2.75) is 25.3 Å². The Labute approximate surface area is 172 Å². The molecule has 0 aliphatic carbocycles. The molecule has 1 heterocycles. The molecular weight excluding hydrogens is 368 g/mol. The van der Waals surface area contributed by atoms with Gasteiger partial charge in [0.2, 0.25) is 0 Å². The molecule has 6 nitrogen and oxygen atoms in total. The van der Waals surface area contributed by atoms with Gasteiger partial charge in [-0.25, -0.2) is 0 Å². The van der Waals surface area contributed by atoms with Crippen LogP contribution in [0, 0.1) is 0 Å². The third kappa shape index (κ3) is 5.41. The number of carbonyl (C=O) groups is 1. The fraction of sp³-hybridized carbons (Fsp3) is 0.435. The average molecular weight is 399 g/mol. The molecule has 2 aromatic rings. The van der Waals surface area contributed by atoms with Gasteiger partial charge in [-0.2, -0.15) is 0 Å². The number of hydrogen-bond donors (Lipinski definition) is 1. The first-order valence-corrected chi connectivity index (χ1v) is 10.0. The summed E-state index contributed by atoms with van der Waals surface area (Å²) in [5.74, 6) is 1.87. The summed E-state index contributed by atoms with van der Waals surface area (Å²) in [5, 5.41) is 3.10. The molecule has 29 heavy (non-hydrogen) atoms. The zero-order chi connectivity index (χ0) is 20.6. The summed E-state index contributed by atoms with van der Waals surface area (Å²) >= 11 is 0. The minimum atomic E-state index is -0.146. The molecule has 1 atom stereocenters. The van der Waals surface area contributed by atoms with Crippen LogP contribution in [0.5, 0.6) is 17.2 Å². The zero-order valence-corrected chi connectivity index (χ0v) is 17.4. The summed E-state index contributed by atoms with van der Waals surface area (Å²) in [4.78, 5) is 15.3.